The van der Waals surface area contributed by atoms with Gasteiger partial charge in [0.15, 0.2) is 0 Å². The molecule has 1 aliphatic rings. The van der Waals surface area contributed by atoms with Gasteiger partial charge in [0.25, 0.3) is 0 Å². The van der Waals surface area contributed by atoms with Gasteiger partial charge in [-0.05, 0) is 24.6 Å². The highest BCUT2D eigenvalue weighted by Gasteiger charge is 2.18. The van der Waals surface area contributed by atoms with Crippen molar-refractivity contribution in [2.45, 2.75) is 6.92 Å². The number of hydrogen-bond donors (Lipinski definition) is 2. The third-order valence-corrected chi connectivity index (χ3v) is 3.01. The molecule has 1 aliphatic heterocycles. The van der Waals surface area contributed by atoms with Crippen LogP contribution in [0.1, 0.15) is 11.1 Å². The first-order chi connectivity index (χ1) is 8.70. The molecule has 2 rings (SSSR count). The lowest BCUT2D eigenvalue weighted by Crippen LogP contribution is -2.32. The van der Waals surface area contributed by atoms with Gasteiger partial charge in [0.1, 0.15) is 0 Å². The minimum Gasteiger partial charge on any atom is -0.383 e. The highest BCUT2D eigenvalue weighted by molar-refractivity contribution is 5.76. The summed E-state index contributed by atoms with van der Waals surface area (Å²) in [6, 6.07) is 7.67. The van der Waals surface area contributed by atoms with Crippen LogP contribution in [0.3, 0.4) is 0 Å². The van der Waals surface area contributed by atoms with Crippen molar-refractivity contribution in [3.05, 3.63) is 29.3 Å². The summed E-state index contributed by atoms with van der Waals surface area (Å²) in [5.74, 6) is 0. The molecule has 2 amide bonds. The molecule has 1 aromatic carbocycles. The summed E-state index contributed by atoms with van der Waals surface area (Å²) in [6.07, 6.45) is 0. The van der Waals surface area contributed by atoms with E-state index < -0.39 is 0 Å². The molecular weight excluding hydrogens is 228 g/mol. The van der Waals surface area contributed by atoms with Gasteiger partial charge in [-0.3, -0.25) is 0 Å². The lowest BCUT2D eigenvalue weighted by Gasteiger charge is -2.16. The predicted octanol–water partition coefficient (Wildman–Crippen LogP) is 1.30. The molecule has 94 valence electrons. The molecule has 18 heavy (non-hydrogen) atoms. The van der Waals surface area contributed by atoms with Crippen LogP contribution in [0.2, 0.25) is 0 Å². The Balaban J connectivity index is 1.90. The molecule has 0 unspecified atom stereocenters. The van der Waals surface area contributed by atoms with Gasteiger partial charge in [0.2, 0.25) is 0 Å². The number of amides is 2. The fourth-order valence-corrected chi connectivity index (χ4v) is 1.93. The molecule has 1 saturated heterocycles. The number of aryl methyl sites for hydroxylation is 1. The second-order valence-electron chi connectivity index (χ2n) is 4.29. The number of hydrogen-bond acceptors (Lipinski definition) is 3. The van der Waals surface area contributed by atoms with E-state index in [1.165, 1.54) is 0 Å². The lowest BCUT2D eigenvalue weighted by atomic mass is 10.1. The van der Waals surface area contributed by atoms with E-state index in [4.69, 9.17) is 5.26 Å². The second-order valence-corrected chi connectivity index (χ2v) is 4.29. The quantitative estimate of drug-likeness (QED) is 0.839. The van der Waals surface area contributed by atoms with Crippen LogP contribution in [0.25, 0.3) is 0 Å². The minimum atomic E-state index is -0.000650. The Morgan fingerprint density at radius 1 is 1.56 bits per heavy atom. The van der Waals surface area contributed by atoms with E-state index in [1.54, 1.807) is 11.0 Å². The molecule has 5 nitrogen and oxygen atoms in total. The van der Waals surface area contributed by atoms with Gasteiger partial charge in [0.05, 0.1) is 11.6 Å². The molecular formula is C13H16N4O. The average Bonchev–Trinajstić information content (AvgIpc) is 2.77. The van der Waals surface area contributed by atoms with Gasteiger partial charge in [-0.15, -0.1) is 0 Å². The van der Waals surface area contributed by atoms with Crippen molar-refractivity contribution in [1.82, 2.24) is 10.2 Å². The molecule has 0 atom stereocenters. The van der Waals surface area contributed by atoms with Crippen LogP contribution in [-0.2, 0) is 0 Å². The molecule has 0 spiro atoms. The molecule has 0 bridgehead atoms. The van der Waals surface area contributed by atoms with Crippen LogP contribution in [0, 0.1) is 18.3 Å². The van der Waals surface area contributed by atoms with Crippen LogP contribution in [-0.4, -0.2) is 37.1 Å². The second kappa shape index (κ2) is 5.41. The monoisotopic (exact) mass is 244 g/mol. The maximum absolute atomic E-state index is 11.3. The molecule has 2 N–H and O–H groups in total. The van der Waals surface area contributed by atoms with Crippen molar-refractivity contribution in [2.75, 3.05) is 31.5 Å². The zero-order valence-electron chi connectivity index (χ0n) is 10.4. The van der Waals surface area contributed by atoms with Gasteiger partial charge < -0.3 is 15.5 Å². The molecule has 0 aromatic heterocycles. The fraction of sp³-hybridized carbons (Fsp3) is 0.385. The van der Waals surface area contributed by atoms with E-state index in [9.17, 15) is 4.79 Å². The molecule has 1 heterocycles. The van der Waals surface area contributed by atoms with E-state index in [0.717, 1.165) is 24.3 Å². The molecule has 1 aromatic rings. The van der Waals surface area contributed by atoms with Gasteiger partial charge in [-0.1, -0.05) is 6.07 Å². The number of carbonyl (C=O) groups excluding carboxylic acids is 1. The van der Waals surface area contributed by atoms with Gasteiger partial charge in [-0.25, -0.2) is 4.79 Å². The Morgan fingerprint density at radius 3 is 3.06 bits per heavy atom. The lowest BCUT2D eigenvalue weighted by molar-refractivity contribution is 0.219. The summed E-state index contributed by atoms with van der Waals surface area (Å²) < 4.78 is 0. The summed E-state index contributed by atoms with van der Waals surface area (Å²) in [6.45, 7) is 4.83. The number of rotatable bonds is 4. The van der Waals surface area contributed by atoms with E-state index >= 15 is 0 Å². The van der Waals surface area contributed by atoms with Crippen molar-refractivity contribution in [2.24, 2.45) is 0 Å². The first-order valence-electron chi connectivity index (χ1n) is 5.98. The summed E-state index contributed by atoms with van der Waals surface area (Å²) in [7, 11) is 0. The van der Waals surface area contributed by atoms with Gasteiger partial charge in [0, 0.05) is 31.9 Å². The molecule has 5 heteroatoms. The summed E-state index contributed by atoms with van der Waals surface area (Å²) in [5, 5.41) is 14.9. The van der Waals surface area contributed by atoms with Crippen LogP contribution in [0.15, 0.2) is 18.2 Å². The Bertz CT molecular complexity index is 492. The number of nitrogens with zero attached hydrogens (tertiary/aromatic N) is 2. The highest BCUT2D eigenvalue weighted by atomic mass is 16.2. The highest BCUT2D eigenvalue weighted by Crippen LogP contribution is 2.16. The van der Waals surface area contributed by atoms with E-state index in [2.05, 4.69) is 16.7 Å². The number of urea groups is 1. The van der Waals surface area contributed by atoms with Crippen LogP contribution in [0.5, 0.6) is 0 Å². The fourth-order valence-electron chi connectivity index (χ4n) is 1.93. The van der Waals surface area contributed by atoms with Crippen molar-refractivity contribution in [3.63, 3.8) is 0 Å². The van der Waals surface area contributed by atoms with Crippen molar-refractivity contribution in [3.8, 4) is 6.07 Å². The van der Waals surface area contributed by atoms with Crippen LogP contribution in [0.4, 0.5) is 10.5 Å². The number of benzene rings is 1. The van der Waals surface area contributed by atoms with E-state index in [-0.39, 0.29) is 6.03 Å². The average molecular weight is 244 g/mol. The topological polar surface area (TPSA) is 68.2 Å². The molecule has 0 saturated carbocycles. The first kappa shape index (κ1) is 12.2. The van der Waals surface area contributed by atoms with Crippen LogP contribution < -0.4 is 10.6 Å². The molecule has 0 aliphatic carbocycles. The zero-order chi connectivity index (χ0) is 13.0. The smallest absolute Gasteiger partial charge is 0.317 e. The standard InChI is InChI=1S/C13H16N4O/c1-10-2-3-11(9-14)8-12(10)15-4-6-17-7-5-16-13(17)18/h2-3,8,15H,4-7H2,1H3,(H,16,18). The minimum absolute atomic E-state index is 0.000650. The van der Waals surface area contributed by atoms with E-state index in [1.807, 2.05) is 19.1 Å². The Hall–Kier alpha value is -2.22. The first-order valence-corrected chi connectivity index (χ1v) is 5.98. The largest absolute Gasteiger partial charge is 0.383 e. The number of carbonyl (C=O) groups is 1. The summed E-state index contributed by atoms with van der Waals surface area (Å²) >= 11 is 0. The molecule has 0 radical (unpaired) electrons. The van der Waals surface area contributed by atoms with Gasteiger partial charge >= 0.3 is 6.03 Å². The van der Waals surface area contributed by atoms with Crippen molar-refractivity contribution in [1.29, 1.82) is 5.26 Å². The molecule has 1 fully saturated rings. The van der Waals surface area contributed by atoms with Gasteiger partial charge in [-0.2, -0.15) is 5.26 Å². The van der Waals surface area contributed by atoms with Crippen molar-refractivity contribution < 1.29 is 4.79 Å². The third kappa shape index (κ3) is 2.72. The maximum Gasteiger partial charge on any atom is 0.317 e. The van der Waals surface area contributed by atoms with Crippen LogP contribution >= 0.6 is 0 Å². The summed E-state index contributed by atoms with van der Waals surface area (Å²) in [4.78, 5) is 13.1. The number of anilines is 1. The Labute approximate surface area is 106 Å². The number of nitriles is 1. The van der Waals surface area contributed by atoms with Crippen molar-refractivity contribution >= 4 is 11.7 Å². The Morgan fingerprint density at radius 2 is 2.39 bits per heavy atom. The normalized spacial score (nSPS) is 14.2. The summed E-state index contributed by atoms with van der Waals surface area (Å²) in [5.41, 5.74) is 2.69. The third-order valence-electron chi connectivity index (χ3n) is 3.01. The maximum atomic E-state index is 11.3. The Kier molecular flexibility index (Phi) is 3.68. The SMILES string of the molecule is Cc1ccc(C#N)cc1NCCN1CCNC1=O. The predicted molar refractivity (Wildman–Crippen MR) is 69.4 cm³/mol. The zero-order valence-corrected chi connectivity index (χ0v) is 10.4. The number of nitrogens with one attached hydrogen (secondary N) is 2. The van der Waals surface area contributed by atoms with E-state index in [0.29, 0.717) is 18.7 Å².